The summed E-state index contributed by atoms with van der Waals surface area (Å²) >= 11 is 6.00. The van der Waals surface area contributed by atoms with Gasteiger partial charge < -0.3 is 9.64 Å². The number of hydrogen-bond acceptors (Lipinski definition) is 4. The molecule has 1 aliphatic heterocycles. The molecule has 1 amide bonds. The fourth-order valence-corrected chi connectivity index (χ4v) is 4.75. The van der Waals surface area contributed by atoms with E-state index in [0.717, 1.165) is 11.6 Å². The van der Waals surface area contributed by atoms with Crippen LogP contribution < -0.4 is 4.74 Å². The fourth-order valence-electron chi connectivity index (χ4n) is 3.14. The molecule has 3 rings (SSSR count). The van der Waals surface area contributed by atoms with Crippen LogP contribution in [0.5, 0.6) is 5.75 Å². The van der Waals surface area contributed by atoms with Crippen molar-refractivity contribution in [1.29, 1.82) is 0 Å². The Balaban J connectivity index is 1.61. The predicted octanol–water partition coefficient (Wildman–Crippen LogP) is 3.09. The first-order valence-corrected chi connectivity index (χ1v) is 11.0. The van der Waals surface area contributed by atoms with Crippen LogP contribution in [-0.4, -0.2) is 55.8 Å². The molecule has 1 saturated heterocycles. The van der Waals surface area contributed by atoms with E-state index in [9.17, 15) is 17.6 Å². The van der Waals surface area contributed by atoms with Crippen LogP contribution in [-0.2, 0) is 14.8 Å². The lowest BCUT2D eigenvalue weighted by Crippen LogP contribution is -2.53. The van der Waals surface area contributed by atoms with Crippen LogP contribution in [0.2, 0.25) is 5.02 Å². The van der Waals surface area contributed by atoms with Crippen molar-refractivity contribution >= 4 is 27.5 Å². The average Bonchev–Trinajstić information content (AvgIpc) is 2.70. The molecular weight excluding hydrogens is 419 g/mol. The second kappa shape index (κ2) is 8.69. The highest BCUT2D eigenvalue weighted by Gasteiger charge is 2.33. The molecule has 2 aromatic carbocycles. The molecule has 2 aromatic rings. The van der Waals surface area contributed by atoms with Crippen molar-refractivity contribution < 1.29 is 22.3 Å². The second-order valence-corrected chi connectivity index (χ2v) is 9.14. The van der Waals surface area contributed by atoms with Gasteiger partial charge in [-0.15, -0.1) is 0 Å². The first-order valence-electron chi connectivity index (χ1n) is 9.16. The van der Waals surface area contributed by atoms with Crippen LogP contribution in [0.1, 0.15) is 12.5 Å². The summed E-state index contributed by atoms with van der Waals surface area (Å²) in [6, 6.07) is 10.4. The average molecular weight is 441 g/mol. The summed E-state index contributed by atoms with van der Waals surface area (Å²) in [4.78, 5) is 13.9. The predicted molar refractivity (Wildman–Crippen MR) is 108 cm³/mol. The third kappa shape index (κ3) is 4.71. The van der Waals surface area contributed by atoms with Crippen LogP contribution in [0.25, 0.3) is 0 Å². The van der Waals surface area contributed by atoms with Crippen molar-refractivity contribution in [3.63, 3.8) is 0 Å². The number of amides is 1. The lowest BCUT2D eigenvalue weighted by molar-refractivity contribution is -0.139. The van der Waals surface area contributed by atoms with Gasteiger partial charge in [0.15, 0.2) is 6.10 Å². The number of nitrogens with zero attached hydrogens (tertiary/aromatic N) is 2. The van der Waals surface area contributed by atoms with E-state index in [-0.39, 0.29) is 37.0 Å². The molecule has 0 aliphatic carbocycles. The molecule has 1 fully saturated rings. The molecule has 1 atom stereocenters. The Morgan fingerprint density at radius 3 is 2.41 bits per heavy atom. The van der Waals surface area contributed by atoms with Gasteiger partial charge in [0.05, 0.1) is 0 Å². The summed E-state index contributed by atoms with van der Waals surface area (Å²) < 4.78 is 46.2. The van der Waals surface area contributed by atoms with Gasteiger partial charge in [-0.25, -0.2) is 12.8 Å². The minimum atomic E-state index is -3.94. The Bertz CT molecular complexity index is 1010. The van der Waals surface area contributed by atoms with Crippen molar-refractivity contribution in [3.8, 4) is 5.75 Å². The van der Waals surface area contributed by atoms with Gasteiger partial charge in [0.2, 0.25) is 10.0 Å². The summed E-state index contributed by atoms with van der Waals surface area (Å²) in [5.41, 5.74) is 0.843. The van der Waals surface area contributed by atoms with Crippen molar-refractivity contribution in [1.82, 2.24) is 9.21 Å². The van der Waals surface area contributed by atoms with Crippen LogP contribution >= 0.6 is 11.6 Å². The second-order valence-electron chi connectivity index (χ2n) is 6.83. The number of benzene rings is 2. The van der Waals surface area contributed by atoms with Gasteiger partial charge in [0, 0.05) is 31.2 Å². The lowest BCUT2D eigenvalue weighted by Gasteiger charge is -2.35. The zero-order chi connectivity index (χ0) is 21.2. The topological polar surface area (TPSA) is 66.9 Å². The number of sulfonamides is 1. The maximum atomic E-state index is 13.9. The molecule has 6 nitrogen and oxygen atoms in total. The van der Waals surface area contributed by atoms with Gasteiger partial charge in [0.1, 0.15) is 16.5 Å². The summed E-state index contributed by atoms with van der Waals surface area (Å²) in [5.74, 6) is -0.486. The van der Waals surface area contributed by atoms with Crippen LogP contribution in [0, 0.1) is 12.7 Å². The summed E-state index contributed by atoms with van der Waals surface area (Å²) in [5, 5.41) is 0.614. The number of carbonyl (C=O) groups is 1. The van der Waals surface area contributed by atoms with Gasteiger partial charge in [-0.2, -0.15) is 4.31 Å². The molecule has 9 heteroatoms. The highest BCUT2D eigenvalue weighted by molar-refractivity contribution is 7.89. The molecule has 156 valence electrons. The lowest BCUT2D eigenvalue weighted by atomic mass is 10.2. The summed E-state index contributed by atoms with van der Waals surface area (Å²) in [6.07, 6.45) is -0.731. The monoisotopic (exact) mass is 440 g/mol. The standard InChI is InChI=1S/C20H22ClFN2O4S/c1-14-13-16(7-8-17(14)21)28-15(2)20(25)23-9-11-24(12-10-23)29(26,27)19-6-4-3-5-18(19)22/h3-8,13,15H,9-12H2,1-2H3. The molecule has 1 aliphatic rings. The van der Waals surface area contributed by atoms with E-state index in [2.05, 4.69) is 0 Å². The largest absolute Gasteiger partial charge is 0.481 e. The molecule has 0 spiro atoms. The zero-order valence-electron chi connectivity index (χ0n) is 16.1. The molecule has 1 unspecified atom stereocenters. The number of ether oxygens (including phenoxy) is 1. The third-order valence-corrected chi connectivity index (χ3v) is 7.15. The minimum Gasteiger partial charge on any atom is -0.481 e. The van der Waals surface area contributed by atoms with E-state index in [1.54, 1.807) is 30.0 Å². The number of halogens is 2. The molecule has 0 radical (unpaired) electrons. The van der Waals surface area contributed by atoms with Gasteiger partial charge in [-0.1, -0.05) is 23.7 Å². The molecule has 29 heavy (non-hydrogen) atoms. The van der Waals surface area contributed by atoms with Gasteiger partial charge in [-0.3, -0.25) is 4.79 Å². The summed E-state index contributed by atoms with van der Waals surface area (Å²) in [7, 11) is -3.94. The number of aryl methyl sites for hydroxylation is 1. The van der Waals surface area contributed by atoms with Gasteiger partial charge in [-0.05, 0) is 49.7 Å². The molecule has 0 aromatic heterocycles. The van der Waals surface area contributed by atoms with Crippen molar-refractivity contribution in [2.45, 2.75) is 24.8 Å². The van der Waals surface area contributed by atoms with Crippen LogP contribution in [0.15, 0.2) is 47.4 Å². The van der Waals surface area contributed by atoms with E-state index in [4.69, 9.17) is 16.3 Å². The summed E-state index contributed by atoms with van der Waals surface area (Å²) in [6.45, 7) is 4.09. The minimum absolute atomic E-state index is 0.0924. The molecule has 0 N–H and O–H groups in total. The van der Waals surface area contributed by atoms with Crippen LogP contribution in [0.4, 0.5) is 4.39 Å². The van der Waals surface area contributed by atoms with E-state index in [1.165, 1.54) is 22.5 Å². The fraction of sp³-hybridized carbons (Fsp3) is 0.350. The first kappa shape index (κ1) is 21.5. The van der Waals surface area contributed by atoms with Crippen molar-refractivity contribution in [3.05, 3.63) is 58.9 Å². The van der Waals surface area contributed by atoms with Crippen molar-refractivity contribution in [2.24, 2.45) is 0 Å². The quantitative estimate of drug-likeness (QED) is 0.716. The smallest absolute Gasteiger partial charge is 0.263 e. The first-order chi connectivity index (χ1) is 13.7. The van der Waals surface area contributed by atoms with Crippen molar-refractivity contribution in [2.75, 3.05) is 26.2 Å². The number of carbonyl (C=O) groups excluding carboxylic acids is 1. The van der Waals surface area contributed by atoms with Gasteiger partial charge >= 0.3 is 0 Å². The van der Waals surface area contributed by atoms with E-state index in [0.29, 0.717) is 10.8 Å². The highest BCUT2D eigenvalue weighted by Crippen LogP contribution is 2.23. The third-order valence-electron chi connectivity index (χ3n) is 4.79. The Morgan fingerprint density at radius 2 is 1.79 bits per heavy atom. The van der Waals surface area contributed by atoms with E-state index in [1.807, 2.05) is 6.92 Å². The maximum absolute atomic E-state index is 13.9. The Labute approximate surface area is 174 Å². The highest BCUT2D eigenvalue weighted by atomic mass is 35.5. The van der Waals surface area contributed by atoms with Crippen LogP contribution in [0.3, 0.4) is 0 Å². The Hall–Kier alpha value is -2.16. The normalized spacial score (nSPS) is 16.5. The molecular formula is C20H22ClFN2O4S. The molecule has 0 saturated carbocycles. The van der Waals surface area contributed by atoms with Gasteiger partial charge in [0.25, 0.3) is 5.91 Å². The maximum Gasteiger partial charge on any atom is 0.263 e. The molecule has 1 heterocycles. The SMILES string of the molecule is Cc1cc(OC(C)C(=O)N2CCN(S(=O)(=O)c3ccccc3F)CC2)ccc1Cl. The Morgan fingerprint density at radius 1 is 1.14 bits per heavy atom. The zero-order valence-corrected chi connectivity index (χ0v) is 17.7. The number of rotatable bonds is 5. The molecule has 0 bridgehead atoms. The Kier molecular flexibility index (Phi) is 6.45. The number of piperazine rings is 1. The van der Waals surface area contributed by atoms with E-state index < -0.39 is 21.9 Å². The number of hydrogen-bond donors (Lipinski definition) is 0. The van der Waals surface area contributed by atoms with E-state index >= 15 is 0 Å².